The van der Waals surface area contributed by atoms with Crippen molar-refractivity contribution in [2.45, 2.75) is 77.9 Å². The van der Waals surface area contributed by atoms with E-state index in [-0.39, 0.29) is 16.9 Å². The molecular weight excluding hydrogens is 252 g/mol. The van der Waals surface area contributed by atoms with Crippen LogP contribution in [0.1, 0.15) is 66.2 Å². The van der Waals surface area contributed by atoms with Crippen LogP contribution in [0.5, 0.6) is 0 Å². The Morgan fingerprint density at radius 3 is 2.35 bits per heavy atom. The number of nitrogens with two attached hydrogens (primary N) is 1. The molecule has 1 fully saturated rings. The number of rotatable bonds is 8. The van der Waals surface area contributed by atoms with Crippen LogP contribution in [0, 0.1) is 5.41 Å². The van der Waals surface area contributed by atoms with Crippen molar-refractivity contribution in [2.75, 3.05) is 13.2 Å². The van der Waals surface area contributed by atoms with E-state index in [0.29, 0.717) is 19.2 Å². The Balaban J connectivity index is 2.34. The average molecular weight is 284 g/mol. The van der Waals surface area contributed by atoms with E-state index in [4.69, 9.17) is 10.5 Å². The Morgan fingerprint density at radius 2 is 1.80 bits per heavy atom. The molecule has 1 rings (SSSR count). The normalized spacial score (nSPS) is 17.4. The fraction of sp³-hybridized carbons (Fsp3) is 0.938. The Bertz CT molecular complexity index is 308. The molecule has 1 aliphatic carbocycles. The van der Waals surface area contributed by atoms with Crippen LogP contribution in [0.3, 0.4) is 0 Å². The van der Waals surface area contributed by atoms with Gasteiger partial charge in [0, 0.05) is 18.1 Å². The minimum Gasteiger partial charge on any atom is -0.375 e. The van der Waals surface area contributed by atoms with E-state index < -0.39 is 0 Å². The first kappa shape index (κ1) is 17.4. The molecule has 0 aromatic heterocycles. The molecule has 0 unspecified atom stereocenters. The SMILES string of the molecule is CC(C)(CCN)OCCC(C)(C)C(=O)NC1CCCC1. The minimum atomic E-state index is -0.374. The third-order valence-electron chi connectivity index (χ3n) is 4.27. The van der Waals surface area contributed by atoms with Crippen molar-refractivity contribution < 1.29 is 9.53 Å². The lowest BCUT2D eigenvalue weighted by molar-refractivity contribution is -0.132. The van der Waals surface area contributed by atoms with Gasteiger partial charge in [0.05, 0.1) is 5.60 Å². The molecule has 0 aromatic carbocycles. The van der Waals surface area contributed by atoms with Gasteiger partial charge in [-0.25, -0.2) is 0 Å². The second kappa shape index (κ2) is 7.41. The molecular formula is C16H32N2O2. The van der Waals surface area contributed by atoms with Gasteiger partial charge >= 0.3 is 0 Å². The molecule has 4 heteroatoms. The van der Waals surface area contributed by atoms with Crippen molar-refractivity contribution in [3.8, 4) is 0 Å². The number of amides is 1. The summed E-state index contributed by atoms with van der Waals surface area (Å²) in [5, 5.41) is 3.18. The van der Waals surface area contributed by atoms with Crippen LogP contribution < -0.4 is 11.1 Å². The molecule has 0 spiro atoms. The first-order valence-corrected chi connectivity index (χ1v) is 7.92. The highest BCUT2D eigenvalue weighted by Crippen LogP contribution is 2.25. The first-order chi connectivity index (χ1) is 9.27. The van der Waals surface area contributed by atoms with Crippen molar-refractivity contribution in [1.82, 2.24) is 5.32 Å². The van der Waals surface area contributed by atoms with Gasteiger partial charge in [0.1, 0.15) is 0 Å². The summed E-state index contributed by atoms with van der Waals surface area (Å²) in [6.07, 6.45) is 6.30. The molecule has 0 radical (unpaired) electrons. The fourth-order valence-electron chi connectivity index (χ4n) is 2.57. The maximum Gasteiger partial charge on any atom is 0.225 e. The van der Waals surface area contributed by atoms with Crippen LogP contribution in [-0.2, 0) is 9.53 Å². The van der Waals surface area contributed by atoms with Gasteiger partial charge in [-0.2, -0.15) is 0 Å². The van der Waals surface area contributed by atoms with E-state index in [1.807, 2.05) is 27.7 Å². The fourth-order valence-corrected chi connectivity index (χ4v) is 2.57. The largest absolute Gasteiger partial charge is 0.375 e. The van der Waals surface area contributed by atoms with Crippen molar-refractivity contribution in [2.24, 2.45) is 11.1 Å². The number of carbonyl (C=O) groups is 1. The monoisotopic (exact) mass is 284 g/mol. The highest BCUT2D eigenvalue weighted by Gasteiger charge is 2.30. The molecule has 1 amide bonds. The third kappa shape index (κ3) is 5.80. The maximum atomic E-state index is 12.3. The van der Waals surface area contributed by atoms with Crippen LogP contribution >= 0.6 is 0 Å². The van der Waals surface area contributed by atoms with Crippen LogP contribution in [0.25, 0.3) is 0 Å². The summed E-state index contributed by atoms with van der Waals surface area (Å²) in [6.45, 7) is 9.31. The van der Waals surface area contributed by atoms with Gasteiger partial charge in [-0.3, -0.25) is 4.79 Å². The Hall–Kier alpha value is -0.610. The molecule has 3 N–H and O–H groups in total. The molecule has 4 nitrogen and oxygen atoms in total. The third-order valence-corrected chi connectivity index (χ3v) is 4.27. The molecule has 0 aromatic rings. The first-order valence-electron chi connectivity index (χ1n) is 7.92. The quantitative estimate of drug-likeness (QED) is 0.720. The minimum absolute atomic E-state index is 0.157. The molecule has 118 valence electrons. The van der Waals surface area contributed by atoms with Gasteiger partial charge < -0.3 is 15.8 Å². The molecule has 0 atom stereocenters. The van der Waals surface area contributed by atoms with Crippen molar-refractivity contribution >= 4 is 5.91 Å². The van der Waals surface area contributed by atoms with Crippen molar-refractivity contribution in [1.29, 1.82) is 0 Å². The topological polar surface area (TPSA) is 64.3 Å². The molecule has 1 aliphatic rings. The molecule has 0 aliphatic heterocycles. The van der Waals surface area contributed by atoms with E-state index in [2.05, 4.69) is 5.32 Å². The van der Waals surface area contributed by atoms with Crippen LogP contribution in [0.15, 0.2) is 0 Å². The van der Waals surface area contributed by atoms with Crippen molar-refractivity contribution in [3.63, 3.8) is 0 Å². The average Bonchev–Trinajstić information content (AvgIpc) is 2.80. The predicted molar refractivity (Wildman–Crippen MR) is 82.5 cm³/mol. The second-order valence-electron chi connectivity index (χ2n) is 7.24. The molecule has 0 bridgehead atoms. The number of ether oxygens (including phenoxy) is 1. The van der Waals surface area contributed by atoms with Crippen LogP contribution in [-0.4, -0.2) is 30.7 Å². The van der Waals surface area contributed by atoms with Gasteiger partial charge in [0.2, 0.25) is 5.91 Å². The zero-order valence-corrected chi connectivity index (χ0v) is 13.6. The molecule has 0 heterocycles. The summed E-state index contributed by atoms with van der Waals surface area (Å²) < 4.78 is 5.87. The highest BCUT2D eigenvalue weighted by molar-refractivity contribution is 5.82. The zero-order valence-electron chi connectivity index (χ0n) is 13.6. The van der Waals surface area contributed by atoms with E-state index in [9.17, 15) is 4.79 Å². The number of hydrogen-bond acceptors (Lipinski definition) is 3. The maximum absolute atomic E-state index is 12.3. The van der Waals surface area contributed by atoms with Gasteiger partial charge in [0.25, 0.3) is 0 Å². The van der Waals surface area contributed by atoms with Crippen LogP contribution in [0.2, 0.25) is 0 Å². The molecule has 20 heavy (non-hydrogen) atoms. The summed E-state index contributed by atoms with van der Waals surface area (Å²) in [6, 6.07) is 0.386. The summed E-state index contributed by atoms with van der Waals surface area (Å²) in [5.41, 5.74) is 4.99. The summed E-state index contributed by atoms with van der Waals surface area (Å²) >= 11 is 0. The zero-order chi connectivity index (χ0) is 15.2. The predicted octanol–water partition coefficient (Wildman–Crippen LogP) is 2.61. The van der Waals surface area contributed by atoms with Gasteiger partial charge in [-0.1, -0.05) is 26.7 Å². The van der Waals surface area contributed by atoms with E-state index in [0.717, 1.165) is 25.7 Å². The Labute approximate surface area is 123 Å². The number of nitrogens with one attached hydrogen (secondary N) is 1. The van der Waals surface area contributed by atoms with Crippen LogP contribution in [0.4, 0.5) is 0 Å². The lowest BCUT2D eigenvalue weighted by Gasteiger charge is -2.29. The van der Waals surface area contributed by atoms with E-state index >= 15 is 0 Å². The molecule has 0 saturated heterocycles. The van der Waals surface area contributed by atoms with Gasteiger partial charge in [-0.15, -0.1) is 0 Å². The smallest absolute Gasteiger partial charge is 0.225 e. The Morgan fingerprint density at radius 1 is 1.20 bits per heavy atom. The lowest BCUT2D eigenvalue weighted by atomic mass is 9.88. The lowest BCUT2D eigenvalue weighted by Crippen LogP contribution is -2.42. The standard InChI is InChI=1S/C16H32N2O2/c1-15(2,10-12-20-16(3,4)9-11-17)14(19)18-13-7-5-6-8-13/h13H,5-12,17H2,1-4H3,(H,18,19). The number of hydrogen-bond donors (Lipinski definition) is 2. The second-order valence-corrected chi connectivity index (χ2v) is 7.24. The van der Waals surface area contributed by atoms with Gasteiger partial charge in [-0.05, 0) is 46.1 Å². The summed E-state index contributed by atoms with van der Waals surface area (Å²) in [5.74, 6) is 0.157. The van der Waals surface area contributed by atoms with Gasteiger partial charge in [0.15, 0.2) is 0 Å². The highest BCUT2D eigenvalue weighted by atomic mass is 16.5. The summed E-state index contributed by atoms with van der Waals surface area (Å²) in [7, 11) is 0. The van der Waals surface area contributed by atoms with E-state index in [1.54, 1.807) is 0 Å². The van der Waals surface area contributed by atoms with Crippen molar-refractivity contribution in [3.05, 3.63) is 0 Å². The Kier molecular flexibility index (Phi) is 6.46. The molecule has 1 saturated carbocycles. The van der Waals surface area contributed by atoms with E-state index in [1.165, 1.54) is 12.8 Å². The number of carbonyl (C=O) groups excluding carboxylic acids is 1. The summed E-state index contributed by atoms with van der Waals surface area (Å²) in [4.78, 5) is 12.3.